The molecule has 0 atom stereocenters. The molecule has 2 aliphatic rings. The van der Waals surface area contributed by atoms with E-state index in [1.54, 1.807) is 0 Å². The van der Waals surface area contributed by atoms with Crippen molar-refractivity contribution in [2.75, 3.05) is 0 Å². The first-order chi connectivity index (χ1) is 10.4. The molecule has 0 bridgehead atoms. The predicted molar refractivity (Wildman–Crippen MR) is 83.1 cm³/mol. The van der Waals surface area contributed by atoms with Crippen molar-refractivity contribution >= 4 is 0 Å². The zero-order valence-corrected chi connectivity index (χ0v) is 12.4. The first-order valence-electron chi connectivity index (χ1n) is 8.02. The fourth-order valence-electron chi connectivity index (χ4n) is 3.78. The molecule has 3 heteroatoms. The van der Waals surface area contributed by atoms with E-state index >= 15 is 0 Å². The molecule has 0 spiro atoms. The zero-order chi connectivity index (χ0) is 14.1. The van der Waals surface area contributed by atoms with Gasteiger partial charge in [-0.3, -0.25) is 9.97 Å². The SMILES string of the molecule is c1ncc(CNCc2cncc3c2CCC3)c2c1CCC2. The predicted octanol–water partition coefficient (Wildman–Crippen LogP) is 2.74. The van der Waals surface area contributed by atoms with Crippen LogP contribution in [0.15, 0.2) is 24.8 Å². The third-order valence-corrected chi connectivity index (χ3v) is 4.85. The molecule has 2 aromatic rings. The van der Waals surface area contributed by atoms with Gasteiger partial charge in [0.05, 0.1) is 0 Å². The quantitative estimate of drug-likeness (QED) is 0.935. The Morgan fingerprint density at radius 1 is 0.714 bits per heavy atom. The number of hydrogen-bond acceptors (Lipinski definition) is 3. The molecular formula is C18H21N3. The number of pyridine rings is 2. The molecule has 0 aliphatic heterocycles. The van der Waals surface area contributed by atoms with Gasteiger partial charge in [0.2, 0.25) is 0 Å². The van der Waals surface area contributed by atoms with Gasteiger partial charge in [-0.2, -0.15) is 0 Å². The van der Waals surface area contributed by atoms with Crippen molar-refractivity contribution < 1.29 is 0 Å². The van der Waals surface area contributed by atoms with Crippen LogP contribution in [-0.2, 0) is 38.8 Å². The van der Waals surface area contributed by atoms with Crippen LogP contribution in [0.1, 0.15) is 46.2 Å². The lowest BCUT2D eigenvalue weighted by Gasteiger charge is -2.11. The molecule has 2 heterocycles. The molecule has 0 amide bonds. The summed E-state index contributed by atoms with van der Waals surface area (Å²) < 4.78 is 0. The number of rotatable bonds is 4. The Kier molecular flexibility index (Phi) is 3.44. The zero-order valence-electron chi connectivity index (χ0n) is 12.4. The van der Waals surface area contributed by atoms with Gasteiger partial charge in [-0.05, 0) is 71.9 Å². The van der Waals surface area contributed by atoms with Crippen molar-refractivity contribution in [3.63, 3.8) is 0 Å². The maximum Gasteiger partial charge on any atom is 0.0315 e. The molecule has 0 saturated carbocycles. The van der Waals surface area contributed by atoms with Crippen molar-refractivity contribution in [2.24, 2.45) is 0 Å². The topological polar surface area (TPSA) is 37.8 Å². The van der Waals surface area contributed by atoms with Crippen molar-refractivity contribution in [1.82, 2.24) is 15.3 Å². The van der Waals surface area contributed by atoms with Gasteiger partial charge in [-0.1, -0.05) is 0 Å². The molecule has 0 radical (unpaired) electrons. The largest absolute Gasteiger partial charge is 0.308 e. The molecule has 0 fully saturated rings. The van der Waals surface area contributed by atoms with E-state index in [1.165, 1.54) is 71.9 Å². The first-order valence-corrected chi connectivity index (χ1v) is 8.02. The van der Waals surface area contributed by atoms with Crippen molar-refractivity contribution in [1.29, 1.82) is 0 Å². The molecule has 2 aliphatic carbocycles. The Labute approximate surface area is 125 Å². The number of nitrogens with zero attached hydrogens (tertiary/aromatic N) is 2. The molecule has 0 unspecified atom stereocenters. The summed E-state index contributed by atoms with van der Waals surface area (Å²) in [6.07, 6.45) is 15.6. The third kappa shape index (κ3) is 2.46. The van der Waals surface area contributed by atoms with Crippen LogP contribution in [0.4, 0.5) is 0 Å². The molecule has 4 rings (SSSR count). The van der Waals surface area contributed by atoms with E-state index in [1.807, 2.05) is 24.8 Å². The Morgan fingerprint density at radius 3 is 1.76 bits per heavy atom. The van der Waals surface area contributed by atoms with Gasteiger partial charge in [-0.25, -0.2) is 0 Å². The summed E-state index contributed by atoms with van der Waals surface area (Å²) in [6.45, 7) is 1.83. The molecule has 1 N–H and O–H groups in total. The maximum absolute atomic E-state index is 4.39. The Balaban J connectivity index is 1.45. The normalized spacial score (nSPS) is 16.0. The van der Waals surface area contributed by atoms with Crippen molar-refractivity contribution in [3.05, 3.63) is 58.2 Å². The van der Waals surface area contributed by atoms with Crippen LogP contribution in [-0.4, -0.2) is 9.97 Å². The summed E-state index contributed by atoms with van der Waals surface area (Å²) in [5.74, 6) is 0. The van der Waals surface area contributed by atoms with E-state index < -0.39 is 0 Å². The number of nitrogens with one attached hydrogen (secondary N) is 1. The monoisotopic (exact) mass is 279 g/mol. The third-order valence-electron chi connectivity index (χ3n) is 4.85. The summed E-state index contributed by atoms with van der Waals surface area (Å²) in [6, 6.07) is 0. The van der Waals surface area contributed by atoms with Gasteiger partial charge in [0, 0.05) is 37.9 Å². The maximum atomic E-state index is 4.39. The van der Waals surface area contributed by atoms with Crippen LogP contribution >= 0.6 is 0 Å². The highest BCUT2D eigenvalue weighted by Crippen LogP contribution is 2.25. The van der Waals surface area contributed by atoms with Gasteiger partial charge in [0.15, 0.2) is 0 Å². The van der Waals surface area contributed by atoms with Gasteiger partial charge in [-0.15, -0.1) is 0 Å². The van der Waals surface area contributed by atoms with Crippen LogP contribution in [0.2, 0.25) is 0 Å². The van der Waals surface area contributed by atoms with Crippen LogP contribution in [0, 0.1) is 0 Å². The van der Waals surface area contributed by atoms with Gasteiger partial charge >= 0.3 is 0 Å². The van der Waals surface area contributed by atoms with E-state index in [0.29, 0.717) is 0 Å². The Morgan fingerprint density at radius 2 is 1.24 bits per heavy atom. The fourth-order valence-corrected chi connectivity index (χ4v) is 3.78. The average molecular weight is 279 g/mol. The van der Waals surface area contributed by atoms with Gasteiger partial charge < -0.3 is 5.32 Å². The lowest BCUT2D eigenvalue weighted by molar-refractivity contribution is 0.679. The van der Waals surface area contributed by atoms with Gasteiger partial charge in [0.1, 0.15) is 0 Å². The molecule has 3 nitrogen and oxygen atoms in total. The van der Waals surface area contributed by atoms with E-state index in [2.05, 4.69) is 15.3 Å². The van der Waals surface area contributed by atoms with Crippen LogP contribution in [0.25, 0.3) is 0 Å². The Bertz CT molecular complexity index is 606. The van der Waals surface area contributed by atoms with Crippen LogP contribution in [0.3, 0.4) is 0 Å². The molecule has 0 aromatic carbocycles. The van der Waals surface area contributed by atoms with E-state index in [9.17, 15) is 0 Å². The smallest absolute Gasteiger partial charge is 0.0315 e. The highest BCUT2D eigenvalue weighted by Gasteiger charge is 2.16. The molecular weight excluding hydrogens is 258 g/mol. The standard InChI is InChI=1S/C18H21N3/c1-3-13-7-19-9-15(17(13)5-1)11-21-12-16-10-20-8-14-4-2-6-18(14)16/h7-10,21H,1-6,11-12H2. The van der Waals surface area contributed by atoms with Gasteiger partial charge in [0.25, 0.3) is 0 Å². The second kappa shape index (κ2) is 5.57. The highest BCUT2D eigenvalue weighted by atomic mass is 14.9. The minimum Gasteiger partial charge on any atom is -0.308 e. The minimum atomic E-state index is 0.917. The lowest BCUT2D eigenvalue weighted by atomic mass is 10.1. The summed E-state index contributed by atoms with van der Waals surface area (Å²) >= 11 is 0. The van der Waals surface area contributed by atoms with Crippen molar-refractivity contribution in [2.45, 2.75) is 51.6 Å². The van der Waals surface area contributed by atoms with Crippen LogP contribution < -0.4 is 5.32 Å². The molecule has 0 saturated heterocycles. The second-order valence-electron chi connectivity index (χ2n) is 6.18. The highest BCUT2D eigenvalue weighted by molar-refractivity contribution is 5.37. The second-order valence-corrected chi connectivity index (χ2v) is 6.18. The minimum absolute atomic E-state index is 0.917. The first kappa shape index (κ1) is 13.0. The Hall–Kier alpha value is -1.74. The lowest BCUT2D eigenvalue weighted by Crippen LogP contribution is -2.15. The number of fused-ring (bicyclic) bond motifs is 2. The summed E-state index contributed by atoms with van der Waals surface area (Å²) in [7, 11) is 0. The molecule has 2 aromatic heterocycles. The molecule has 108 valence electrons. The average Bonchev–Trinajstić information content (AvgIpc) is 3.16. The number of aryl methyl sites for hydroxylation is 2. The van der Waals surface area contributed by atoms with E-state index in [0.717, 1.165) is 13.1 Å². The van der Waals surface area contributed by atoms with Crippen molar-refractivity contribution in [3.8, 4) is 0 Å². The van der Waals surface area contributed by atoms with E-state index in [-0.39, 0.29) is 0 Å². The summed E-state index contributed by atoms with van der Waals surface area (Å²) in [5, 5.41) is 3.60. The fraction of sp³-hybridized carbons (Fsp3) is 0.444. The number of hydrogen-bond donors (Lipinski definition) is 1. The molecule has 21 heavy (non-hydrogen) atoms. The summed E-state index contributed by atoms with van der Waals surface area (Å²) in [5.41, 5.74) is 8.74. The number of aromatic nitrogens is 2. The van der Waals surface area contributed by atoms with Crippen LogP contribution in [0.5, 0.6) is 0 Å². The summed E-state index contributed by atoms with van der Waals surface area (Å²) in [4.78, 5) is 8.77. The van der Waals surface area contributed by atoms with E-state index in [4.69, 9.17) is 0 Å².